The normalized spacial score (nSPS) is 13.6. The van der Waals surface area contributed by atoms with Gasteiger partial charge in [-0.2, -0.15) is 0 Å². The van der Waals surface area contributed by atoms with E-state index in [2.05, 4.69) is 15.5 Å². The van der Waals surface area contributed by atoms with E-state index in [1.807, 2.05) is 56.0 Å². The van der Waals surface area contributed by atoms with Crippen LogP contribution in [0, 0.1) is 0 Å². The van der Waals surface area contributed by atoms with Crippen molar-refractivity contribution in [3.05, 3.63) is 54.1 Å². The standard InChI is InChI=1S/C24H30N4O3S/c1-4-22(29)28-14-12-27(13-15-28)21-11-6-5-10-20(21)25-24(32)26-23(30)18-8-7-9-19(16-18)31-17(2)3/h5-11,16-17H,4,12-15H2,1-3H3,(H2,25,26,30,32). The number of amides is 2. The number of hydrogen-bond acceptors (Lipinski definition) is 5. The number of rotatable bonds is 6. The molecule has 2 aromatic rings. The van der Waals surface area contributed by atoms with Crippen LogP contribution in [0.2, 0.25) is 0 Å². The number of carbonyl (C=O) groups is 2. The van der Waals surface area contributed by atoms with Crippen LogP contribution in [0.4, 0.5) is 11.4 Å². The van der Waals surface area contributed by atoms with Crippen LogP contribution in [0.15, 0.2) is 48.5 Å². The smallest absolute Gasteiger partial charge is 0.257 e. The lowest BCUT2D eigenvalue weighted by Crippen LogP contribution is -2.48. The number of ether oxygens (including phenoxy) is 1. The quantitative estimate of drug-likeness (QED) is 0.649. The molecule has 8 heteroatoms. The monoisotopic (exact) mass is 454 g/mol. The number of piperazine rings is 1. The van der Waals surface area contributed by atoms with Gasteiger partial charge in [-0.15, -0.1) is 0 Å². The molecule has 1 aliphatic heterocycles. The number of carbonyl (C=O) groups excluding carboxylic acids is 2. The van der Waals surface area contributed by atoms with Crippen molar-refractivity contribution in [2.75, 3.05) is 36.4 Å². The molecule has 0 bridgehead atoms. The van der Waals surface area contributed by atoms with Crippen molar-refractivity contribution in [1.82, 2.24) is 10.2 Å². The summed E-state index contributed by atoms with van der Waals surface area (Å²) >= 11 is 5.40. The molecule has 32 heavy (non-hydrogen) atoms. The van der Waals surface area contributed by atoms with Crippen molar-refractivity contribution in [2.45, 2.75) is 33.3 Å². The Hall–Kier alpha value is -3.13. The third-order valence-corrected chi connectivity index (χ3v) is 5.33. The van der Waals surface area contributed by atoms with E-state index in [0.717, 1.165) is 24.5 Å². The lowest BCUT2D eigenvalue weighted by atomic mass is 10.2. The molecule has 7 nitrogen and oxygen atoms in total. The topological polar surface area (TPSA) is 73.9 Å². The molecule has 1 saturated heterocycles. The average Bonchev–Trinajstić information content (AvgIpc) is 2.78. The molecule has 0 radical (unpaired) electrons. The van der Waals surface area contributed by atoms with Gasteiger partial charge in [0.05, 0.1) is 17.5 Å². The third kappa shape index (κ3) is 6.20. The van der Waals surface area contributed by atoms with Crippen LogP contribution in [-0.2, 0) is 4.79 Å². The van der Waals surface area contributed by atoms with Gasteiger partial charge in [0.2, 0.25) is 5.91 Å². The molecule has 2 amide bonds. The molecule has 2 N–H and O–H groups in total. The second kappa shape index (κ2) is 10.9. The number of anilines is 2. The molecule has 1 aliphatic rings. The minimum Gasteiger partial charge on any atom is -0.491 e. The fourth-order valence-electron chi connectivity index (χ4n) is 3.59. The van der Waals surface area contributed by atoms with Crippen LogP contribution in [0.5, 0.6) is 5.75 Å². The van der Waals surface area contributed by atoms with Gasteiger partial charge >= 0.3 is 0 Å². The third-order valence-electron chi connectivity index (χ3n) is 5.12. The molecule has 0 aromatic heterocycles. The first-order valence-electron chi connectivity index (χ1n) is 10.9. The second-order valence-corrected chi connectivity index (χ2v) is 8.25. The van der Waals surface area contributed by atoms with Gasteiger partial charge in [0.25, 0.3) is 5.91 Å². The molecule has 3 rings (SSSR count). The number of benzene rings is 2. The van der Waals surface area contributed by atoms with E-state index in [0.29, 0.717) is 30.8 Å². The van der Waals surface area contributed by atoms with Crippen LogP contribution in [0.1, 0.15) is 37.6 Å². The molecule has 2 aromatic carbocycles. The van der Waals surface area contributed by atoms with E-state index in [4.69, 9.17) is 17.0 Å². The van der Waals surface area contributed by atoms with E-state index in [1.165, 1.54) is 0 Å². The van der Waals surface area contributed by atoms with E-state index < -0.39 is 0 Å². The Labute approximate surface area is 194 Å². The lowest BCUT2D eigenvalue weighted by Gasteiger charge is -2.37. The highest BCUT2D eigenvalue weighted by molar-refractivity contribution is 7.80. The van der Waals surface area contributed by atoms with Gasteiger partial charge in [0, 0.05) is 38.2 Å². The van der Waals surface area contributed by atoms with Gasteiger partial charge < -0.3 is 19.9 Å². The van der Waals surface area contributed by atoms with E-state index in [-0.39, 0.29) is 23.0 Å². The summed E-state index contributed by atoms with van der Waals surface area (Å²) in [5.41, 5.74) is 2.27. The van der Waals surface area contributed by atoms with Crippen LogP contribution in [0.3, 0.4) is 0 Å². The molecule has 1 fully saturated rings. The molecule has 170 valence electrons. The summed E-state index contributed by atoms with van der Waals surface area (Å²) in [5, 5.41) is 6.11. The fraction of sp³-hybridized carbons (Fsp3) is 0.375. The Morgan fingerprint density at radius 2 is 1.78 bits per heavy atom. The van der Waals surface area contributed by atoms with Crippen molar-refractivity contribution in [3.8, 4) is 5.75 Å². The number of nitrogens with zero attached hydrogens (tertiary/aromatic N) is 2. The number of thiocarbonyl (C=S) groups is 1. The summed E-state index contributed by atoms with van der Waals surface area (Å²) in [6.45, 7) is 8.62. The van der Waals surface area contributed by atoms with Crippen molar-refractivity contribution >= 4 is 40.5 Å². The number of para-hydroxylation sites is 2. The first-order chi connectivity index (χ1) is 15.4. The zero-order valence-corrected chi connectivity index (χ0v) is 19.6. The molecule has 0 aliphatic carbocycles. The molecular weight excluding hydrogens is 424 g/mol. The molecule has 1 heterocycles. The predicted molar refractivity (Wildman–Crippen MR) is 131 cm³/mol. The van der Waals surface area contributed by atoms with Crippen LogP contribution >= 0.6 is 12.2 Å². The summed E-state index contributed by atoms with van der Waals surface area (Å²) in [7, 11) is 0. The highest BCUT2D eigenvalue weighted by Crippen LogP contribution is 2.26. The molecule has 0 saturated carbocycles. The zero-order valence-electron chi connectivity index (χ0n) is 18.8. The minimum absolute atomic E-state index is 0.0227. The first kappa shape index (κ1) is 23.5. The molecular formula is C24H30N4O3S. The molecule has 0 spiro atoms. The van der Waals surface area contributed by atoms with Gasteiger partial charge in [-0.25, -0.2) is 0 Å². The SMILES string of the molecule is CCC(=O)N1CCN(c2ccccc2NC(=S)NC(=O)c2cccc(OC(C)C)c2)CC1. The Kier molecular flexibility index (Phi) is 8.05. The van der Waals surface area contributed by atoms with Crippen molar-refractivity contribution < 1.29 is 14.3 Å². The zero-order chi connectivity index (χ0) is 23.1. The highest BCUT2D eigenvalue weighted by Gasteiger charge is 2.22. The minimum atomic E-state index is -0.305. The fourth-order valence-corrected chi connectivity index (χ4v) is 3.79. The number of nitrogens with one attached hydrogen (secondary N) is 2. The summed E-state index contributed by atoms with van der Waals surface area (Å²) in [5.74, 6) is 0.515. The lowest BCUT2D eigenvalue weighted by molar-refractivity contribution is -0.131. The summed E-state index contributed by atoms with van der Waals surface area (Å²) in [4.78, 5) is 28.7. The largest absolute Gasteiger partial charge is 0.491 e. The first-order valence-corrected chi connectivity index (χ1v) is 11.3. The highest BCUT2D eigenvalue weighted by atomic mass is 32.1. The summed E-state index contributed by atoms with van der Waals surface area (Å²) in [6, 6.07) is 14.8. The summed E-state index contributed by atoms with van der Waals surface area (Å²) < 4.78 is 5.66. The van der Waals surface area contributed by atoms with Crippen molar-refractivity contribution in [1.29, 1.82) is 0 Å². The Balaban J connectivity index is 1.63. The van der Waals surface area contributed by atoms with Gasteiger partial charge in [0.1, 0.15) is 5.75 Å². The van der Waals surface area contributed by atoms with Crippen LogP contribution < -0.4 is 20.3 Å². The van der Waals surface area contributed by atoms with Gasteiger partial charge in [-0.3, -0.25) is 14.9 Å². The second-order valence-electron chi connectivity index (χ2n) is 7.84. The van der Waals surface area contributed by atoms with Gasteiger partial charge in [-0.05, 0) is 56.4 Å². The molecule has 0 unspecified atom stereocenters. The van der Waals surface area contributed by atoms with Crippen molar-refractivity contribution in [3.63, 3.8) is 0 Å². The van der Waals surface area contributed by atoms with Crippen LogP contribution in [0.25, 0.3) is 0 Å². The van der Waals surface area contributed by atoms with Crippen LogP contribution in [-0.4, -0.2) is 54.1 Å². The maximum atomic E-state index is 12.7. The van der Waals surface area contributed by atoms with E-state index in [9.17, 15) is 9.59 Å². The van der Waals surface area contributed by atoms with Gasteiger partial charge in [-0.1, -0.05) is 25.1 Å². The van der Waals surface area contributed by atoms with E-state index in [1.54, 1.807) is 18.2 Å². The number of hydrogen-bond donors (Lipinski definition) is 2. The van der Waals surface area contributed by atoms with E-state index >= 15 is 0 Å². The Morgan fingerprint density at radius 3 is 2.47 bits per heavy atom. The Morgan fingerprint density at radius 1 is 1.06 bits per heavy atom. The maximum absolute atomic E-state index is 12.7. The van der Waals surface area contributed by atoms with Crippen molar-refractivity contribution in [2.24, 2.45) is 0 Å². The molecule has 0 atom stereocenters. The average molecular weight is 455 g/mol. The summed E-state index contributed by atoms with van der Waals surface area (Å²) in [6.07, 6.45) is 0.549. The Bertz CT molecular complexity index is 971. The van der Waals surface area contributed by atoms with Gasteiger partial charge in [0.15, 0.2) is 5.11 Å². The maximum Gasteiger partial charge on any atom is 0.257 e. The predicted octanol–water partition coefficient (Wildman–Crippen LogP) is 3.66.